The molecule has 1 aromatic rings. The fourth-order valence-corrected chi connectivity index (χ4v) is 1.57. The first kappa shape index (κ1) is 13.9. The van der Waals surface area contributed by atoms with E-state index >= 15 is 0 Å². The summed E-state index contributed by atoms with van der Waals surface area (Å²) >= 11 is 0. The molecular weight excluding hydrogens is 232 g/mol. The second-order valence-corrected chi connectivity index (χ2v) is 3.85. The molecule has 0 fully saturated rings. The molecule has 0 bridgehead atoms. The summed E-state index contributed by atoms with van der Waals surface area (Å²) in [4.78, 5) is 33.0. The smallest absolute Gasteiger partial charge is 0.243 e. The van der Waals surface area contributed by atoms with Crippen LogP contribution in [-0.2, 0) is 20.8 Å². The summed E-state index contributed by atoms with van der Waals surface area (Å²) < 4.78 is 0. The molecule has 1 rings (SSSR count). The molecule has 0 saturated heterocycles. The lowest BCUT2D eigenvalue weighted by atomic mass is 10.1. The summed E-state index contributed by atoms with van der Waals surface area (Å²) in [5.41, 5.74) is 0.942. The summed E-state index contributed by atoms with van der Waals surface area (Å²) in [6.45, 7) is 1.30. The van der Waals surface area contributed by atoms with Gasteiger partial charge in [-0.1, -0.05) is 30.3 Å². The van der Waals surface area contributed by atoms with Gasteiger partial charge in [0.15, 0.2) is 0 Å². The number of amides is 2. The number of rotatable bonds is 6. The first-order chi connectivity index (χ1) is 8.63. The first-order valence-corrected chi connectivity index (χ1v) is 5.66. The molecule has 1 aromatic carbocycles. The van der Waals surface area contributed by atoms with Crippen LogP contribution in [0, 0.1) is 0 Å². The summed E-state index contributed by atoms with van der Waals surface area (Å²) in [5, 5.41) is 5.01. The second-order valence-electron chi connectivity index (χ2n) is 3.85. The highest BCUT2D eigenvalue weighted by atomic mass is 16.2. The van der Waals surface area contributed by atoms with Crippen molar-refractivity contribution >= 4 is 18.1 Å². The minimum Gasteiger partial charge on any atom is -0.348 e. The zero-order valence-corrected chi connectivity index (χ0v) is 10.2. The van der Waals surface area contributed by atoms with Crippen LogP contribution in [0.25, 0.3) is 0 Å². The Morgan fingerprint density at radius 3 is 2.50 bits per heavy atom. The largest absolute Gasteiger partial charge is 0.348 e. The van der Waals surface area contributed by atoms with Crippen molar-refractivity contribution in [1.82, 2.24) is 10.6 Å². The van der Waals surface area contributed by atoms with E-state index in [1.54, 1.807) is 0 Å². The lowest BCUT2D eigenvalue weighted by Crippen LogP contribution is -2.47. The van der Waals surface area contributed by atoms with E-state index in [1.165, 1.54) is 6.92 Å². The summed E-state index contributed by atoms with van der Waals surface area (Å²) in [7, 11) is 0. The van der Waals surface area contributed by atoms with Crippen molar-refractivity contribution in [3.05, 3.63) is 35.9 Å². The van der Waals surface area contributed by atoms with Crippen molar-refractivity contribution in [2.45, 2.75) is 19.4 Å². The molecule has 96 valence electrons. The molecule has 18 heavy (non-hydrogen) atoms. The van der Waals surface area contributed by atoms with Gasteiger partial charge in [0.05, 0.1) is 6.54 Å². The number of nitrogens with one attached hydrogen (secondary N) is 2. The van der Waals surface area contributed by atoms with Gasteiger partial charge in [0.1, 0.15) is 12.3 Å². The van der Waals surface area contributed by atoms with E-state index in [9.17, 15) is 14.4 Å². The van der Waals surface area contributed by atoms with Crippen molar-refractivity contribution in [1.29, 1.82) is 0 Å². The zero-order valence-electron chi connectivity index (χ0n) is 10.2. The Balaban J connectivity index is 2.68. The highest BCUT2D eigenvalue weighted by molar-refractivity contribution is 5.88. The maximum Gasteiger partial charge on any atom is 0.243 e. The van der Waals surface area contributed by atoms with Gasteiger partial charge < -0.3 is 15.4 Å². The summed E-state index contributed by atoms with van der Waals surface area (Å²) in [6.07, 6.45) is 0.996. The van der Waals surface area contributed by atoms with E-state index in [2.05, 4.69) is 10.6 Å². The van der Waals surface area contributed by atoms with Crippen molar-refractivity contribution in [3.8, 4) is 0 Å². The summed E-state index contributed by atoms with van der Waals surface area (Å²) in [6, 6.07) is 8.70. The molecule has 0 aliphatic carbocycles. The lowest BCUT2D eigenvalue weighted by Gasteiger charge is -2.16. The van der Waals surface area contributed by atoms with Crippen LogP contribution in [-0.4, -0.2) is 30.7 Å². The topological polar surface area (TPSA) is 75.3 Å². The molecule has 0 aromatic heterocycles. The van der Waals surface area contributed by atoms with Crippen LogP contribution in [0.15, 0.2) is 30.3 Å². The van der Waals surface area contributed by atoms with Crippen molar-refractivity contribution < 1.29 is 14.4 Å². The van der Waals surface area contributed by atoms with Gasteiger partial charge in [0.2, 0.25) is 11.8 Å². The quantitative estimate of drug-likeness (QED) is 0.698. The molecule has 1 atom stereocenters. The molecule has 5 nitrogen and oxygen atoms in total. The van der Waals surface area contributed by atoms with Crippen molar-refractivity contribution in [2.24, 2.45) is 0 Å². The molecule has 0 radical (unpaired) electrons. The molecule has 0 heterocycles. The van der Waals surface area contributed by atoms with Gasteiger partial charge in [-0.2, -0.15) is 0 Å². The van der Waals surface area contributed by atoms with Crippen molar-refractivity contribution in [3.63, 3.8) is 0 Å². The Labute approximate surface area is 106 Å². The van der Waals surface area contributed by atoms with Crippen molar-refractivity contribution in [2.75, 3.05) is 6.54 Å². The molecular formula is C13H16N2O3. The number of aldehydes is 1. The fraction of sp³-hybridized carbons (Fsp3) is 0.308. The lowest BCUT2D eigenvalue weighted by molar-refractivity contribution is -0.128. The van der Waals surface area contributed by atoms with Gasteiger partial charge in [-0.15, -0.1) is 0 Å². The van der Waals surface area contributed by atoms with Gasteiger partial charge in [-0.25, -0.2) is 0 Å². The van der Waals surface area contributed by atoms with Gasteiger partial charge in [0, 0.05) is 13.3 Å². The Kier molecular flexibility index (Phi) is 5.57. The van der Waals surface area contributed by atoms with Gasteiger partial charge >= 0.3 is 0 Å². The van der Waals surface area contributed by atoms with E-state index in [0.29, 0.717) is 12.7 Å². The van der Waals surface area contributed by atoms with E-state index in [4.69, 9.17) is 0 Å². The number of hydrogen-bond acceptors (Lipinski definition) is 3. The fourth-order valence-electron chi connectivity index (χ4n) is 1.57. The maximum atomic E-state index is 11.8. The summed E-state index contributed by atoms with van der Waals surface area (Å²) in [5.74, 6) is -0.640. The van der Waals surface area contributed by atoms with Crippen LogP contribution in [0.1, 0.15) is 12.5 Å². The molecule has 0 aliphatic heterocycles. The number of benzene rings is 1. The SMILES string of the molecule is CC(=O)NC(Cc1ccccc1)C(=O)NCC=O. The molecule has 0 aliphatic rings. The average Bonchev–Trinajstić information content (AvgIpc) is 2.36. The highest BCUT2D eigenvalue weighted by Crippen LogP contribution is 2.03. The number of hydrogen-bond donors (Lipinski definition) is 2. The van der Waals surface area contributed by atoms with E-state index < -0.39 is 6.04 Å². The van der Waals surface area contributed by atoms with Crippen LogP contribution in [0.2, 0.25) is 0 Å². The zero-order chi connectivity index (χ0) is 13.4. The predicted octanol–water partition coefficient (Wildman–Crippen LogP) is 0.0489. The Bertz CT molecular complexity index is 418. The molecule has 0 saturated carbocycles. The minimum atomic E-state index is -0.662. The second kappa shape index (κ2) is 7.21. The monoisotopic (exact) mass is 248 g/mol. The van der Waals surface area contributed by atoms with Gasteiger partial charge in [-0.3, -0.25) is 9.59 Å². The van der Waals surface area contributed by atoms with E-state index in [0.717, 1.165) is 5.56 Å². The predicted molar refractivity (Wildman–Crippen MR) is 66.8 cm³/mol. The number of carbonyl (C=O) groups is 3. The van der Waals surface area contributed by atoms with Gasteiger partial charge in [-0.05, 0) is 5.56 Å². The van der Waals surface area contributed by atoms with E-state index in [1.807, 2.05) is 30.3 Å². The van der Waals surface area contributed by atoms with Crippen LogP contribution in [0.3, 0.4) is 0 Å². The third-order valence-corrected chi connectivity index (χ3v) is 2.34. The number of carbonyl (C=O) groups excluding carboxylic acids is 3. The average molecular weight is 248 g/mol. The molecule has 2 amide bonds. The Morgan fingerprint density at radius 1 is 1.28 bits per heavy atom. The highest BCUT2D eigenvalue weighted by Gasteiger charge is 2.19. The maximum absolute atomic E-state index is 11.8. The van der Waals surface area contributed by atoms with Crippen LogP contribution in [0.5, 0.6) is 0 Å². The van der Waals surface area contributed by atoms with Crippen LogP contribution < -0.4 is 10.6 Å². The standard InChI is InChI=1S/C13H16N2O3/c1-10(17)15-12(13(18)14-7-8-16)9-11-5-3-2-4-6-11/h2-6,8,12H,7,9H2,1H3,(H,14,18)(H,15,17). The Hall–Kier alpha value is -2.17. The Morgan fingerprint density at radius 2 is 1.94 bits per heavy atom. The van der Waals surface area contributed by atoms with Crippen LogP contribution >= 0.6 is 0 Å². The normalized spacial score (nSPS) is 11.4. The molecule has 2 N–H and O–H groups in total. The van der Waals surface area contributed by atoms with E-state index in [-0.39, 0.29) is 18.4 Å². The molecule has 0 spiro atoms. The van der Waals surface area contributed by atoms with Crippen LogP contribution in [0.4, 0.5) is 0 Å². The minimum absolute atomic E-state index is 0.0519. The third kappa shape index (κ3) is 4.78. The van der Waals surface area contributed by atoms with Gasteiger partial charge in [0.25, 0.3) is 0 Å². The first-order valence-electron chi connectivity index (χ1n) is 5.66. The molecule has 5 heteroatoms. The molecule has 1 unspecified atom stereocenters. The third-order valence-electron chi connectivity index (χ3n) is 2.34.